The van der Waals surface area contributed by atoms with Gasteiger partial charge in [-0.2, -0.15) is 0 Å². The summed E-state index contributed by atoms with van der Waals surface area (Å²) in [5.41, 5.74) is 2.38. The van der Waals surface area contributed by atoms with Crippen molar-refractivity contribution in [2.45, 2.75) is 5.92 Å². The highest BCUT2D eigenvalue weighted by atomic mass is 32.1. The fraction of sp³-hybridized carbons (Fsp3) is 0.200. The molecule has 2 aliphatic heterocycles. The molecule has 0 saturated carbocycles. The van der Waals surface area contributed by atoms with E-state index >= 15 is 0 Å². The Morgan fingerprint density at radius 1 is 1.20 bits per heavy atom. The van der Waals surface area contributed by atoms with Crippen LogP contribution in [-0.4, -0.2) is 45.9 Å². The third-order valence-corrected chi connectivity index (χ3v) is 4.74. The lowest BCUT2D eigenvalue weighted by Gasteiger charge is -2.19. The first kappa shape index (κ1) is 17.3. The molecule has 1 aromatic carbocycles. The number of Topliss-reactive ketones (excluding diaryl/α,β-unsaturated/α-hetero) is 1. The molecule has 0 amide bonds. The predicted molar refractivity (Wildman–Crippen MR) is 103 cm³/mol. The van der Waals surface area contributed by atoms with Crippen LogP contribution in [0.25, 0.3) is 0 Å². The molecule has 128 valence electrons. The van der Waals surface area contributed by atoms with Gasteiger partial charge in [-0.05, 0) is 29.9 Å². The number of nitrogens with zero attached hydrogens (tertiary/aromatic N) is 2. The van der Waals surface area contributed by atoms with Crippen LogP contribution in [0.1, 0.15) is 11.5 Å². The van der Waals surface area contributed by atoms with Gasteiger partial charge < -0.3 is 14.9 Å². The molecule has 1 fully saturated rings. The number of aliphatic hydroxyl groups excluding tert-OH is 1. The molecule has 1 atom stereocenters. The van der Waals surface area contributed by atoms with Crippen LogP contribution >= 0.6 is 12.2 Å². The van der Waals surface area contributed by atoms with E-state index in [0.29, 0.717) is 17.2 Å². The number of hydrogen-bond acceptors (Lipinski definition) is 4. The summed E-state index contributed by atoms with van der Waals surface area (Å²) in [5, 5.41) is 9.38. The van der Waals surface area contributed by atoms with E-state index in [-0.39, 0.29) is 12.4 Å². The molecule has 1 saturated heterocycles. The second kappa shape index (κ2) is 7.59. The van der Waals surface area contributed by atoms with Gasteiger partial charge in [0.2, 0.25) is 0 Å². The molecule has 1 aromatic rings. The Kier molecular flexibility index (Phi) is 5.26. The number of aliphatic hydroxyl groups is 1. The highest BCUT2D eigenvalue weighted by molar-refractivity contribution is 7.80. The first-order chi connectivity index (χ1) is 12.1. The maximum Gasteiger partial charge on any atom is 0.193 e. The topological polar surface area (TPSA) is 43.8 Å². The first-order valence-corrected chi connectivity index (χ1v) is 8.55. The molecule has 4 nitrogen and oxygen atoms in total. The van der Waals surface area contributed by atoms with Crippen LogP contribution in [0, 0.1) is 0 Å². The molecular formula is C20H20N2O2S. The van der Waals surface area contributed by atoms with Gasteiger partial charge >= 0.3 is 0 Å². The second-order valence-electron chi connectivity index (χ2n) is 5.88. The summed E-state index contributed by atoms with van der Waals surface area (Å²) < 4.78 is 0. The number of carbonyl (C=O) groups is 1. The minimum absolute atomic E-state index is 0.0283. The summed E-state index contributed by atoms with van der Waals surface area (Å²) in [6.45, 7) is 0.250. The number of carbonyl (C=O) groups excluding carboxylic acids is 1. The van der Waals surface area contributed by atoms with Gasteiger partial charge in [0, 0.05) is 25.5 Å². The van der Waals surface area contributed by atoms with Crippen molar-refractivity contribution in [3.63, 3.8) is 0 Å². The van der Waals surface area contributed by atoms with Crippen molar-refractivity contribution in [3.05, 3.63) is 83.9 Å². The van der Waals surface area contributed by atoms with E-state index < -0.39 is 5.92 Å². The molecule has 2 aliphatic rings. The van der Waals surface area contributed by atoms with Crippen molar-refractivity contribution in [1.29, 1.82) is 0 Å². The van der Waals surface area contributed by atoms with Crippen molar-refractivity contribution in [2.75, 3.05) is 20.2 Å². The minimum Gasteiger partial charge on any atom is -0.395 e. The number of rotatable bonds is 4. The summed E-state index contributed by atoms with van der Waals surface area (Å²) in [4.78, 5) is 17.3. The molecule has 3 rings (SSSR count). The number of β-amino-alcohol motifs (C(OH)–C–C–N with tert-alkyl or cyclic N) is 1. The van der Waals surface area contributed by atoms with E-state index in [2.05, 4.69) is 0 Å². The molecule has 0 aliphatic carbocycles. The average Bonchev–Trinajstić information content (AvgIpc) is 2.86. The van der Waals surface area contributed by atoms with Gasteiger partial charge in [0.05, 0.1) is 23.2 Å². The summed E-state index contributed by atoms with van der Waals surface area (Å²) in [6, 6.07) is 9.54. The number of likely N-dealkylation sites (N-methyl/N-ethyl adjacent to an activating group) is 1. The number of likely N-dealkylation sites (tertiary alicyclic amines) is 1. The summed E-state index contributed by atoms with van der Waals surface area (Å²) >= 11 is 5.55. The zero-order valence-electron chi connectivity index (χ0n) is 14.0. The van der Waals surface area contributed by atoms with Gasteiger partial charge in [-0.25, -0.2) is 0 Å². The lowest BCUT2D eigenvalue weighted by molar-refractivity contribution is -0.115. The normalized spacial score (nSPS) is 23.4. The third kappa shape index (κ3) is 3.48. The largest absolute Gasteiger partial charge is 0.395 e. The van der Waals surface area contributed by atoms with Crippen LogP contribution in [0.2, 0.25) is 0 Å². The molecule has 2 heterocycles. The predicted octanol–water partition coefficient (Wildman–Crippen LogP) is 2.76. The molecule has 5 heteroatoms. The highest BCUT2D eigenvalue weighted by Crippen LogP contribution is 2.33. The Morgan fingerprint density at radius 2 is 1.96 bits per heavy atom. The zero-order chi connectivity index (χ0) is 17.8. The smallest absolute Gasteiger partial charge is 0.193 e. The van der Waals surface area contributed by atoms with Gasteiger partial charge in [0.15, 0.2) is 5.78 Å². The monoisotopic (exact) mass is 352 g/mol. The van der Waals surface area contributed by atoms with E-state index in [1.165, 1.54) is 0 Å². The fourth-order valence-corrected chi connectivity index (χ4v) is 3.42. The number of benzene rings is 1. The number of thiocarbonyl (C=S) groups is 1. The van der Waals surface area contributed by atoms with Crippen molar-refractivity contribution < 1.29 is 9.90 Å². The van der Waals surface area contributed by atoms with Crippen LogP contribution in [0.4, 0.5) is 0 Å². The molecule has 1 unspecified atom stereocenters. The second-order valence-corrected chi connectivity index (χ2v) is 6.29. The maximum atomic E-state index is 13.0. The van der Waals surface area contributed by atoms with E-state index in [1.54, 1.807) is 11.0 Å². The van der Waals surface area contributed by atoms with Crippen molar-refractivity contribution >= 4 is 23.0 Å². The van der Waals surface area contributed by atoms with E-state index in [0.717, 1.165) is 11.3 Å². The summed E-state index contributed by atoms with van der Waals surface area (Å²) in [6.07, 6.45) is 11.5. The quantitative estimate of drug-likeness (QED) is 0.667. The Labute approximate surface area is 153 Å². The van der Waals surface area contributed by atoms with Gasteiger partial charge in [0.25, 0.3) is 0 Å². The molecule has 0 spiro atoms. The molecule has 1 N–H and O–H groups in total. The van der Waals surface area contributed by atoms with Gasteiger partial charge in [0.1, 0.15) is 0 Å². The molecular weight excluding hydrogens is 332 g/mol. The SMILES string of the molecule is CN1C=CC=CC1=CC=C1C(=O)C(c2ccccc2)C(=S)N1CCO. The number of hydrogen-bond donors (Lipinski definition) is 1. The summed E-state index contributed by atoms with van der Waals surface area (Å²) in [7, 11) is 1.95. The molecule has 0 aromatic heterocycles. The van der Waals surface area contributed by atoms with Crippen LogP contribution in [0.15, 0.2) is 78.3 Å². The Balaban J connectivity index is 1.96. The van der Waals surface area contributed by atoms with Gasteiger partial charge in [-0.1, -0.05) is 48.6 Å². The Morgan fingerprint density at radius 3 is 2.64 bits per heavy atom. The fourth-order valence-electron chi connectivity index (χ4n) is 2.98. The van der Waals surface area contributed by atoms with Crippen LogP contribution in [0.5, 0.6) is 0 Å². The standard InChI is InChI=1S/C20H20N2O2S/c1-21-12-6-5-9-16(21)10-11-17-19(24)18(15-7-3-2-4-8-15)20(25)22(17)13-14-23/h2-12,18,23H,13-14H2,1H3. The summed E-state index contributed by atoms with van der Waals surface area (Å²) in [5.74, 6) is -0.494. The van der Waals surface area contributed by atoms with Crippen LogP contribution < -0.4 is 0 Å². The van der Waals surface area contributed by atoms with Crippen LogP contribution in [0.3, 0.4) is 0 Å². The number of allylic oxidation sites excluding steroid dienone is 6. The lowest BCUT2D eigenvalue weighted by Crippen LogP contribution is -2.27. The van der Waals surface area contributed by atoms with Crippen molar-refractivity contribution in [2.24, 2.45) is 0 Å². The van der Waals surface area contributed by atoms with Crippen molar-refractivity contribution in [1.82, 2.24) is 9.80 Å². The lowest BCUT2D eigenvalue weighted by atomic mass is 9.96. The molecule has 25 heavy (non-hydrogen) atoms. The van der Waals surface area contributed by atoms with Gasteiger partial charge in [-0.15, -0.1) is 0 Å². The van der Waals surface area contributed by atoms with E-state index in [1.807, 2.05) is 72.8 Å². The Hall–Kier alpha value is -2.50. The van der Waals surface area contributed by atoms with Crippen LogP contribution in [-0.2, 0) is 4.79 Å². The maximum absolute atomic E-state index is 13.0. The highest BCUT2D eigenvalue weighted by Gasteiger charge is 2.40. The minimum atomic E-state index is -0.466. The molecule has 0 radical (unpaired) electrons. The average molecular weight is 352 g/mol. The van der Waals surface area contributed by atoms with Gasteiger partial charge in [-0.3, -0.25) is 4.79 Å². The number of ketones is 1. The first-order valence-electron chi connectivity index (χ1n) is 8.14. The zero-order valence-corrected chi connectivity index (χ0v) is 14.8. The molecule has 0 bridgehead atoms. The van der Waals surface area contributed by atoms with E-state index in [9.17, 15) is 9.90 Å². The van der Waals surface area contributed by atoms with Crippen molar-refractivity contribution in [3.8, 4) is 0 Å². The third-order valence-electron chi connectivity index (χ3n) is 4.28. The Bertz CT molecular complexity index is 793. The van der Waals surface area contributed by atoms with E-state index in [4.69, 9.17) is 12.2 Å².